The standard InChI is InChI=1S/C11H14N6O2/c1-18-9-5-3-4-8(10(9)19-2)6-13-15-11-16-14-7-17(11)12/h3-7H,12H2,1-2H3,(H,15,16)/b13-6+. The van der Waals surface area contributed by atoms with Crippen molar-refractivity contribution in [3.63, 3.8) is 0 Å². The molecule has 0 bridgehead atoms. The van der Waals surface area contributed by atoms with Crippen molar-refractivity contribution in [2.75, 3.05) is 25.5 Å². The second-order valence-corrected chi connectivity index (χ2v) is 3.51. The molecule has 19 heavy (non-hydrogen) atoms. The zero-order chi connectivity index (χ0) is 13.7. The molecule has 0 unspecified atom stereocenters. The molecule has 1 heterocycles. The van der Waals surface area contributed by atoms with Crippen LogP contribution in [0.5, 0.6) is 11.5 Å². The van der Waals surface area contributed by atoms with Crippen molar-refractivity contribution in [1.82, 2.24) is 14.9 Å². The molecule has 0 saturated carbocycles. The minimum atomic E-state index is 0.332. The highest BCUT2D eigenvalue weighted by Crippen LogP contribution is 2.29. The summed E-state index contributed by atoms with van der Waals surface area (Å²) >= 11 is 0. The fraction of sp³-hybridized carbons (Fsp3) is 0.182. The number of para-hydroxylation sites is 1. The number of anilines is 1. The lowest BCUT2D eigenvalue weighted by Gasteiger charge is -2.09. The van der Waals surface area contributed by atoms with Gasteiger partial charge in [-0.25, -0.2) is 10.1 Å². The number of methoxy groups -OCH3 is 2. The number of hydrogen-bond donors (Lipinski definition) is 2. The molecular weight excluding hydrogens is 248 g/mol. The molecular formula is C11H14N6O2. The fourth-order valence-electron chi connectivity index (χ4n) is 1.50. The van der Waals surface area contributed by atoms with Crippen LogP contribution < -0.4 is 20.7 Å². The van der Waals surface area contributed by atoms with Gasteiger partial charge in [0, 0.05) is 5.56 Å². The molecule has 100 valence electrons. The van der Waals surface area contributed by atoms with Crippen molar-refractivity contribution < 1.29 is 9.47 Å². The van der Waals surface area contributed by atoms with E-state index >= 15 is 0 Å². The monoisotopic (exact) mass is 262 g/mol. The van der Waals surface area contributed by atoms with E-state index in [-0.39, 0.29) is 0 Å². The van der Waals surface area contributed by atoms with Gasteiger partial charge >= 0.3 is 0 Å². The van der Waals surface area contributed by atoms with Gasteiger partial charge in [0.15, 0.2) is 11.5 Å². The summed E-state index contributed by atoms with van der Waals surface area (Å²) in [5.74, 6) is 7.10. The number of nitrogens with one attached hydrogen (secondary N) is 1. The van der Waals surface area contributed by atoms with E-state index in [2.05, 4.69) is 20.7 Å². The van der Waals surface area contributed by atoms with Crippen molar-refractivity contribution in [3.05, 3.63) is 30.1 Å². The third-order valence-corrected chi connectivity index (χ3v) is 2.37. The van der Waals surface area contributed by atoms with Gasteiger partial charge in [0.05, 0.1) is 20.4 Å². The van der Waals surface area contributed by atoms with Crippen LogP contribution in [0.25, 0.3) is 0 Å². The lowest BCUT2D eigenvalue weighted by atomic mass is 10.2. The average molecular weight is 262 g/mol. The van der Waals surface area contributed by atoms with Crippen molar-refractivity contribution in [2.24, 2.45) is 5.10 Å². The van der Waals surface area contributed by atoms with Gasteiger partial charge in [-0.3, -0.25) is 0 Å². The first-order valence-electron chi connectivity index (χ1n) is 5.41. The molecule has 0 atom stereocenters. The number of ether oxygens (including phenoxy) is 2. The lowest BCUT2D eigenvalue weighted by molar-refractivity contribution is 0.354. The second-order valence-electron chi connectivity index (χ2n) is 3.51. The molecule has 2 aromatic rings. The maximum absolute atomic E-state index is 5.53. The minimum absolute atomic E-state index is 0.332. The molecule has 2 rings (SSSR count). The van der Waals surface area contributed by atoms with E-state index in [1.165, 1.54) is 11.0 Å². The Morgan fingerprint density at radius 1 is 1.37 bits per heavy atom. The van der Waals surface area contributed by atoms with E-state index in [4.69, 9.17) is 15.3 Å². The third-order valence-electron chi connectivity index (χ3n) is 2.37. The van der Waals surface area contributed by atoms with Gasteiger partial charge in [0.2, 0.25) is 0 Å². The number of nitrogens with two attached hydrogens (primary N) is 1. The first kappa shape index (κ1) is 12.7. The van der Waals surface area contributed by atoms with Crippen molar-refractivity contribution in [3.8, 4) is 11.5 Å². The normalized spacial score (nSPS) is 10.6. The first-order chi connectivity index (χ1) is 9.26. The van der Waals surface area contributed by atoms with Crippen LogP contribution in [0.15, 0.2) is 29.6 Å². The zero-order valence-electron chi connectivity index (χ0n) is 10.6. The molecule has 1 aromatic heterocycles. The molecule has 0 aliphatic rings. The highest BCUT2D eigenvalue weighted by atomic mass is 16.5. The zero-order valence-corrected chi connectivity index (χ0v) is 10.6. The number of nitrogens with zero attached hydrogens (tertiary/aromatic N) is 4. The number of hydrogen-bond acceptors (Lipinski definition) is 7. The number of nitrogen functional groups attached to an aromatic ring is 1. The Morgan fingerprint density at radius 3 is 2.84 bits per heavy atom. The molecule has 0 spiro atoms. The van der Waals surface area contributed by atoms with Crippen molar-refractivity contribution in [2.45, 2.75) is 0 Å². The van der Waals surface area contributed by atoms with E-state index in [1.807, 2.05) is 12.1 Å². The van der Waals surface area contributed by atoms with E-state index < -0.39 is 0 Å². The molecule has 0 saturated heterocycles. The molecule has 0 aliphatic carbocycles. The van der Waals surface area contributed by atoms with Gasteiger partial charge in [-0.2, -0.15) is 5.10 Å². The molecule has 0 aliphatic heterocycles. The van der Waals surface area contributed by atoms with Crippen LogP contribution in [-0.4, -0.2) is 35.3 Å². The predicted octanol–water partition coefficient (Wildman–Crippen LogP) is 0.455. The largest absolute Gasteiger partial charge is 0.493 e. The SMILES string of the molecule is COc1cccc(/C=N/Nc2nncn2N)c1OC. The van der Waals surface area contributed by atoms with Crippen LogP contribution in [-0.2, 0) is 0 Å². The van der Waals surface area contributed by atoms with Gasteiger partial charge in [-0.1, -0.05) is 6.07 Å². The summed E-state index contributed by atoms with van der Waals surface area (Å²) in [4.78, 5) is 0. The predicted molar refractivity (Wildman–Crippen MR) is 70.9 cm³/mol. The minimum Gasteiger partial charge on any atom is -0.493 e. The number of hydrazone groups is 1. The topological polar surface area (TPSA) is 99.6 Å². The van der Waals surface area contributed by atoms with Gasteiger partial charge in [0.1, 0.15) is 6.33 Å². The maximum atomic E-state index is 5.53. The van der Waals surface area contributed by atoms with E-state index in [1.54, 1.807) is 26.5 Å². The van der Waals surface area contributed by atoms with Crippen molar-refractivity contribution >= 4 is 12.2 Å². The van der Waals surface area contributed by atoms with Crippen LogP contribution in [0.4, 0.5) is 5.95 Å². The van der Waals surface area contributed by atoms with E-state index in [9.17, 15) is 0 Å². The lowest BCUT2D eigenvalue weighted by Crippen LogP contribution is -2.10. The Hall–Kier alpha value is -2.77. The number of benzene rings is 1. The summed E-state index contributed by atoms with van der Waals surface area (Å²) < 4.78 is 11.7. The van der Waals surface area contributed by atoms with Crippen molar-refractivity contribution in [1.29, 1.82) is 0 Å². The molecule has 3 N–H and O–H groups in total. The average Bonchev–Trinajstić information content (AvgIpc) is 2.84. The maximum Gasteiger partial charge on any atom is 0.263 e. The third kappa shape index (κ3) is 2.73. The Balaban J connectivity index is 2.17. The summed E-state index contributed by atoms with van der Waals surface area (Å²) in [5.41, 5.74) is 3.43. The Bertz CT molecular complexity index is 580. The second kappa shape index (κ2) is 5.71. The summed E-state index contributed by atoms with van der Waals surface area (Å²) in [6.07, 6.45) is 2.94. The Morgan fingerprint density at radius 2 is 2.21 bits per heavy atom. The van der Waals surface area contributed by atoms with Gasteiger partial charge < -0.3 is 15.3 Å². The summed E-state index contributed by atoms with van der Waals surface area (Å²) in [6.45, 7) is 0. The summed E-state index contributed by atoms with van der Waals surface area (Å²) in [7, 11) is 3.15. The smallest absolute Gasteiger partial charge is 0.263 e. The molecule has 8 nitrogen and oxygen atoms in total. The van der Waals surface area contributed by atoms with Crippen LogP contribution in [0.1, 0.15) is 5.56 Å². The van der Waals surface area contributed by atoms with Crippen LogP contribution >= 0.6 is 0 Å². The number of rotatable bonds is 5. The van der Waals surface area contributed by atoms with Crippen LogP contribution in [0, 0.1) is 0 Å². The molecule has 0 radical (unpaired) electrons. The molecule has 0 fully saturated rings. The molecule has 8 heteroatoms. The van der Waals surface area contributed by atoms with Gasteiger partial charge in [0.25, 0.3) is 5.95 Å². The highest BCUT2D eigenvalue weighted by molar-refractivity contribution is 5.85. The first-order valence-corrected chi connectivity index (χ1v) is 5.41. The summed E-state index contributed by atoms with van der Waals surface area (Å²) in [5, 5.41) is 11.4. The van der Waals surface area contributed by atoms with Crippen LogP contribution in [0.2, 0.25) is 0 Å². The Labute approximate surface area is 109 Å². The van der Waals surface area contributed by atoms with Gasteiger partial charge in [-0.15, -0.1) is 10.2 Å². The highest BCUT2D eigenvalue weighted by Gasteiger charge is 2.07. The molecule has 1 aromatic carbocycles. The summed E-state index contributed by atoms with van der Waals surface area (Å²) in [6, 6.07) is 5.49. The van der Waals surface area contributed by atoms with Crippen LogP contribution in [0.3, 0.4) is 0 Å². The molecule has 0 amide bonds. The Kier molecular flexibility index (Phi) is 3.81. The van der Waals surface area contributed by atoms with E-state index in [0.717, 1.165) is 5.56 Å². The van der Waals surface area contributed by atoms with E-state index in [0.29, 0.717) is 17.4 Å². The quantitative estimate of drug-likeness (QED) is 0.461. The number of aromatic nitrogens is 3. The van der Waals surface area contributed by atoms with Gasteiger partial charge in [-0.05, 0) is 12.1 Å². The fourth-order valence-corrected chi connectivity index (χ4v) is 1.50.